The molecule has 0 amide bonds. The summed E-state index contributed by atoms with van der Waals surface area (Å²) in [6.45, 7) is 6.20. The lowest BCUT2D eigenvalue weighted by Crippen LogP contribution is -2.13. The van der Waals surface area contributed by atoms with Crippen molar-refractivity contribution in [1.82, 2.24) is 0 Å². The van der Waals surface area contributed by atoms with Crippen LogP contribution in [0.5, 0.6) is 11.5 Å². The fraction of sp³-hybridized carbons (Fsp3) is 0.583. The van der Waals surface area contributed by atoms with Gasteiger partial charge in [0.1, 0.15) is 24.7 Å². The highest BCUT2D eigenvalue weighted by molar-refractivity contribution is 9.11. The van der Waals surface area contributed by atoms with E-state index in [1.807, 2.05) is 0 Å². The number of benzene rings is 1. The molecule has 202 valence electrons. The van der Waals surface area contributed by atoms with Gasteiger partial charge in [-0.2, -0.15) is 0 Å². The maximum atomic E-state index is 6.24. The number of thiophene rings is 2. The molecule has 1 aromatic carbocycles. The van der Waals surface area contributed by atoms with E-state index >= 15 is 0 Å². The van der Waals surface area contributed by atoms with Crippen LogP contribution in [0.1, 0.15) is 0 Å². The van der Waals surface area contributed by atoms with Gasteiger partial charge < -0.3 is 37.9 Å². The molecule has 3 aromatic rings. The van der Waals surface area contributed by atoms with Gasteiger partial charge in [0.25, 0.3) is 0 Å². The summed E-state index contributed by atoms with van der Waals surface area (Å²) in [5.41, 5.74) is 0. The van der Waals surface area contributed by atoms with E-state index in [2.05, 4.69) is 44.0 Å². The SMILES string of the molecule is COCCOCCOCCOc1c2cc(Br)sc2c(OCCOCCOCCOC)c2cc(Br)sc12. The Hall–Kier alpha value is -0.540. The topological polar surface area (TPSA) is 73.8 Å². The van der Waals surface area contributed by atoms with Crippen LogP contribution >= 0.6 is 54.5 Å². The van der Waals surface area contributed by atoms with Gasteiger partial charge in [-0.15, -0.1) is 22.7 Å². The summed E-state index contributed by atoms with van der Waals surface area (Å²) >= 11 is 10.5. The zero-order chi connectivity index (χ0) is 25.6. The number of ether oxygens (including phenoxy) is 8. The van der Waals surface area contributed by atoms with Crippen LogP contribution in [0, 0.1) is 0 Å². The molecule has 0 radical (unpaired) electrons. The highest BCUT2D eigenvalue weighted by Crippen LogP contribution is 2.51. The summed E-state index contributed by atoms with van der Waals surface area (Å²) in [5, 5.41) is 2.03. The Bertz CT molecular complexity index is 908. The monoisotopic (exact) mass is 670 g/mol. The molecular formula is C24H32Br2O8S2. The van der Waals surface area contributed by atoms with Crippen molar-refractivity contribution < 1.29 is 37.9 Å². The molecule has 0 aliphatic carbocycles. The van der Waals surface area contributed by atoms with E-state index < -0.39 is 0 Å². The molecule has 0 saturated carbocycles. The molecule has 2 heterocycles. The van der Waals surface area contributed by atoms with Crippen molar-refractivity contribution in [2.45, 2.75) is 0 Å². The summed E-state index contributed by atoms with van der Waals surface area (Å²) < 4.78 is 48.6. The molecule has 2 aromatic heterocycles. The molecule has 3 rings (SSSR count). The van der Waals surface area contributed by atoms with Gasteiger partial charge in [-0.05, 0) is 44.0 Å². The minimum absolute atomic E-state index is 0.436. The Morgan fingerprint density at radius 3 is 1.22 bits per heavy atom. The number of methoxy groups -OCH3 is 2. The summed E-state index contributed by atoms with van der Waals surface area (Å²) in [7, 11) is 3.31. The minimum atomic E-state index is 0.436. The molecule has 0 fully saturated rings. The highest BCUT2D eigenvalue weighted by Gasteiger charge is 2.21. The summed E-state index contributed by atoms with van der Waals surface area (Å²) in [6, 6.07) is 4.15. The minimum Gasteiger partial charge on any atom is -0.489 e. The fourth-order valence-corrected chi connectivity index (χ4v) is 6.48. The van der Waals surface area contributed by atoms with Crippen molar-refractivity contribution in [2.24, 2.45) is 0 Å². The maximum absolute atomic E-state index is 6.24. The Morgan fingerprint density at radius 2 is 0.861 bits per heavy atom. The first-order valence-electron chi connectivity index (χ1n) is 11.5. The molecule has 0 aliphatic rings. The second-order valence-corrected chi connectivity index (χ2v) is 12.2. The number of halogens is 2. The normalized spacial score (nSPS) is 11.7. The third-order valence-electron chi connectivity index (χ3n) is 4.86. The van der Waals surface area contributed by atoms with Crippen molar-refractivity contribution >= 4 is 74.7 Å². The molecule has 0 saturated heterocycles. The lowest BCUT2D eigenvalue weighted by molar-refractivity contribution is 0.0180. The van der Waals surface area contributed by atoms with Crippen molar-refractivity contribution in [2.75, 3.05) is 93.5 Å². The Labute approximate surface area is 236 Å². The predicted octanol–water partition coefficient (Wildman–Crippen LogP) is 5.76. The number of hydrogen-bond acceptors (Lipinski definition) is 10. The van der Waals surface area contributed by atoms with E-state index in [9.17, 15) is 0 Å². The fourth-order valence-electron chi connectivity index (χ4n) is 3.26. The summed E-state index contributed by atoms with van der Waals surface area (Å²) in [6.07, 6.45) is 0. The highest BCUT2D eigenvalue weighted by atomic mass is 79.9. The average Bonchev–Trinajstić information content (AvgIpc) is 3.44. The first-order valence-corrected chi connectivity index (χ1v) is 14.8. The van der Waals surface area contributed by atoms with Crippen LogP contribution in [-0.4, -0.2) is 93.5 Å². The molecular weight excluding hydrogens is 640 g/mol. The second-order valence-electron chi connectivity index (χ2n) is 7.38. The molecule has 0 unspecified atom stereocenters. The smallest absolute Gasteiger partial charge is 0.146 e. The van der Waals surface area contributed by atoms with E-state index in [0.717, 1.165) is 39.2 Å². The molecule has 8 nitrogen and oxygen atoms in total. The van der Waals surface area contributed by atoms with Crippen LogP contribution in [0.25, 0.3) is 20.2 Å². The van der Waals surface area contributed by atoms with Crippen LogP contribution in [0.2, 0.25) is 0 Å². The quantitative estimate of drug-likeness (QED) is 0.141. The molecule has 0 N–H and O–H groups in total. The summed E-state index contributed by atoms with van der Waals surface area (Å²) in [5.74, 6) is 1.68. The standard InChI is InChI=1S/C24H32Br2O8S2/c1-27-3-5-29-7-9-31-11-13-33-21-17-15-19(25)36-24(17)22(18-16-20(26)35-23(18)21)34-14-12-32-10-8-30-6-4-28-2/h15-16H,3-14H2,1-2H3. The number of hydrogen-bond donors (Lipinski definition) is 0. The number of fused-ring (bicyclic) bond motifs is 2. The molecule has 0 aliphatic heterocycles. The van der Waals surface area contributed by atoms with Crippen LogP contribution in [0.3, 0.4) is 0 Å². The third-order valence-corrected chi connectivity index (χ3v) is 8.14. The van der Waals surface area contributed by atoms with E-state index in [-0.39, 0.29) is 0 Å². The van der Waals surface area contributed by atoms with Crippen LogP contribution < -0.4 is 9.47 Å². The molecule has 12 heteroatoms. The third kappa shape index (κ3) is 9.33. The Kier molecular flexibility index (Phi) is 14.3. The maximum Gasteiger partial charge on any atom is 0.146 e. The largest absolute Gasteiger partial charge is 0.489 e. The van der Waals surface area contributed by atoms with Gasteiger partial charge in [0.2, 0.25) is 0 Å². The van der Waals surface area contributed by atoms with E-state index in [1.165, 1.54) is 0 Å². The first-order chi connectivity index (χ1) is 17.7. The van der Waals surface area contributed by atoms with Crippen LogP contribution in [0.4, 0.5) is 0 Å². The molecule has 36 heavy (non-hydrogen) atoms. The molecule has 0 bridgehead atoms. The van der Waals surface area contributed by atoms with E-state index in [4.69, 9.17) is 37.9 Å². The van der Waals surface area contributed by atoms with E-state index in [1.54, 1.807) is 36.9 Å². The molecule has 0 spiro atoms. The van der Waals surface area contributed by atoms with Gasteiger partial charge >= 0.3 is 0 Å². The predicted molar refractivity (Wildman–Crippen MR) is 151 cm³/mol. The van der Waals surface area contributed by atoms with Gasteiger partial charge in [0.05, 0.1) is 83.0 Å². The van der Waals surface area contributed by atoms with Crippen molar-refractivity contribution in [3.63, 3.8) is 0 Å². The zero-order valence-corrected chi connectivity index (χ0v) is 25.3. The first kappa shape index (κ1) is 30.0. The van der Waals surface area contributed by atoms with Crippen molar-refractivity contribution in [3.05, 3.63) is 19.7 Å². The van der Waals surface area contributed by atoms with Gasteiger partial charge in [0.15, 0.2) is 0 Å². The second kappa shape index (κ2) is 17.1. The van der Waals surface area contributed by atoms with Crippen LogP contribution in [0.15, 0.2) is 19.7 Å². The van der Waals surface area contributed by atoms with Gasteiger partial charge in [-0.3, -0.25) is 0 Å². The molecule has 0 atom stereocenters. The van der Waals surface area contributed by atoms with Crippen molar-refractivity contribution in [1.29, 1.82) is 0 Å². The van der Waals surface area contributed by atoms with Gasteiger partial charge in [-0.1, -0.05) is 0 Å². The lowest BCUT2D eigenvalue weighted by Gasteiger charge is -2.14. The Morgan fingerprint density at radius 1 is 0.528 bits per heavy atom. The van der Waals surface area contributed by atoms with Crippen molar-refractivity contribution in [3.8, 4) is 11.5 Å². The number of rotatable bonds is 20. The zero-order valence-electron chi connectivity index (χ0n) is 20.5. The van der Waals surface area contributed by atoms with Gasteiger partial charge in [0, 0.05) is 25.0 Å². The Balaban J connectivity index is 1.58. The van der Waals surface area contributed by atoms with E-state index in [0.29, 0.717) is 79.3 Å². The van der Waals surface area contributed by atoms with Crippen LogP contribution in [-0.2, 0) is 28.4 Å². The average molecular weight is 672 g/mol. The van der Waals surface area contributed by atoms with Gasteiger partial charge in [-0.25, -0.2) is 0 Å². The lowest BCUT2D eigenvalue weighted by atomic mass is 10.1. The summed E-state index contributed by atoms with van der Waals surface area (Å²) in [4.78, 5) is 0.